The number of alkyl halides is 5. The molecule has 1 aliphatic carbocycles. The van der Waals surface area contributed by atoms with Gasteiger partial charge in [-0.2, -0.15) is 13.2 Å². The van der Waals surface area contributed by atoms with Crippen molar-refractivity contribution in [1.29, 1.82) is 0 Å². The van der Waals surface area contributed by atoms with Crippen LogP contribution in [0.2, 0.25) is 0 Å². The first-order valence-electron chi connectivity index (χ1n) is 8.54. The van der Waals surface area contributed by atoms with Gasteiger partial charge in [0.05, 0.1) is 0 Å². The number of carboxylic acids is 1. The van der Waals surface area contributed by atoms with E-state index in [-0.39, 0.29) is 24.3 Å². The van der Waals surface area contributed by atoms with Gasteiger partial charge in [-0.25, -0.2) is 13.6 Å². The molecule has 0 atom stereocenters. The molecule has 1 spiro atoms. The number of carbonyl (C=O) groups excluding carboxylic acids is 1. The van der Waals surface area contributed by atoms with Crippen LogP contribution in [-0.4, -0.2) is 71.1 Å². The molecule has 0 aromatic rings. The third kappa shape index (κ3) is 4.63. The van der Waals surface area contributed by atoms with Crippen molar-refractivity contribution in [2.24, 2.45) is 5.92 Å². The summed E-state index contributed by atoms with van der Waals surface area (Å²) in [6.45, 7) is 2.78. The molecule has 2 aliphatic heterocycles. The summed E-state index contributed by atoms with van der Waals surface area (Å²) in [7, 11) is 2.10. The molecule has 0 unspecified atom stereocenters. The van der Waals surface area contributed by atoms with Crippen molar-refractivity contribution in [2.45, 2.75) is 56.2 Å². The smallest absolute Gasteiger partial charge is 0.475 e. The van der Waals surface area contributed by atoms with Gasteiger partial charge in [-0.05, 0) is 32.7 Å². The molecule has 0 aromatic carbocycles. The minimum absolute atomic E-state index is 0.00650. The van der Waals surface area contributed by atoms with Crippen molar-refractivity contribution in [1.82, 2.24) is 9.80 Å². The number of aliphatic carboxylic acids is 1. The van der Waals surface area contributed by atoms with E-state index in [1.807, 2.05) is 4.90 Å². The van der Waals surface area contributed by atoms with E-state index in [9.17, 15) is 26.7 Å². The summed E-state index contributed by atoms with van der Waals surface area (Å²) in [5, 5.41) is 7.12. The highest BCUT2D eigenvalue weighted by Crippen LogP contribution is 2.46. The molecular weight excluding hydrogens is 363 g/mol. The van der Waals surface area contributed by atoms with E-state index in [1.54, 1.807) is 0 Å². The largest absolute Gasteiger partial charge is 0.490 e. The second kappa shape index (κ2) is 7.28. The molecule has 3 aliphatic rings. The Morgan fingerprint density at radius 1 is 1.04 bits per heavy atom. The molecule has 0 aromatic heterocycles. The third-order valence-corrected chi connectivity index (χ3v) is 5.46. The SMILES string of the molecule is CN1CCC2(CCCN2C(=O)C2CC(F)(F)C2)CC1.O=C(O)C(F)(F)F. The van der Waals surface area contributed by atoms with Gasteiger partial charge in [-0.15, -0.1) is 0 Å². The first-order chi connectivity index (χ1) is 11.9. The van der Waals surface area contributed by atoms with Crippen LogP contribution in [0.4, 0.5) is 22.0 Å². The van der Waals surface area contributed by atoms with E-state index in [0.29, 0.717) is 0 Å². The van der Waals surface area contributed by atoms with Gasteiger partial charge in [0.2, 0.25) is 11.8 Å². The Balaban J connectivity index is 0.000000298. The quantitative estimate of drug-likeness (QED) is 0.704. The summed E-state index contributed by atoms with van der Waals surface area (Å²) in [5.74, 6) is -5.79. The van der Waals surface area contributed by atoms with Crippen LogP contribution < -0.4 is 0 Å². The lowest BCUT2D eigenvalue weighted by Gasteiger charge is -2.47. The van der Waals surface area contributed by atoms with Crippen LogP contribution in [0.3, 0.4) is 0 Å². The molecule has 0 radical (unpaired) electrons. The molecule has 10 heteroatoms. The number of likely N-dealkylation sites (tertiary alicyclic amines) is 2. The topological polar surface area (TPSA) is 60.9 Å². The zero-order valence-electron chi connectivity index (χ0n) is 14.5. The molecule has 1 N–H and O–H groups in total. The zero-order chi connectivity index (χ0) is 19.8. The standard InChI is InChI=1S/C14H22F2N2O.C2HF3O2/c1-17-7-4-13(5-8-17)3-2-6-18(13)12(19)11-9-14(15,16)10-11;3-2(4,5)1(6)7/h11H,2-10H2,1H3;(H,6,7). The molecular formula is C16H23F5N2O3. The van der Waals surface area contributed by atoms with Crippen LogP contribution in [-0.2, 0) is 9.59 Å². The van der Waals surface area contributed by atoms with E-state index < -0.39 is 24.0 Å². The van der Waals surface area contributed by atoms with Gasteiger partial charge in [0.25, 0.3) is 0 Å². The van der Waals surface area contributed by atoms with Crippen molar-refractivity contribution in [2.75, 3.05) is 26.7 Å². The van der Waals surface area contributed by atoms with Gasteiger partial charge >= 0.3 is 12.1 Å². The number of carboxylic acid groups (broad SMARTS) is 1. The van der Waals surface area contributed by atoms with E-state index in [1.165, 1.54) is 0 Å². The maximum atomic E-state index is 12.9. The molecule has 2 saturated heterocycles. The highest BCUT2D eigenvalue weighted by Gasteiger charge is 2.53. The summed E-state index contributed by atoms with van der Waals surface area (Å²) in [6, 6.07) is 0. The van der Waals surface area contributed by atoms with Crippen molar-refractivity contribution in [3.63, 3.8) is 0 Å². The first kappa shape index (κ1) is 20.9. The Labute approximate surface area is 148 Å². The van der Waals surface area contributed by atoms with Gasteiger partial charge < -0.3 is 14.9 Å². The summed E-state index contributed by atoms with van der Waals surface area (Å²) in [5.41, 5.74) is -0.0194. The average molecular weight is 386 g/mol. The number of hydrogen-bond acceptors (Lipinski definition) is 3. The monoisotopic (exact) mass is 386 g/mol. The van der Waals surface area contributed by atoms with Gasteiger partial charge in [-0.1, -0.05) is 0 Å². The Morgan fingerprint density at radius 3 is 1.96 bits per heavy atom. The molecule has 3 fully saturated rings. The van der Waals surface area contributed by atoms with Crippen LogP contribution in [0.25, 0.3) is 0 Å². The van der Waals surface area contributed by atoms with Crippen molar-refractivity contribution in [3.05, 3.63) is 0 Å². The number of halogens is 5. The maximum absolute atomic E-state index is 12.9. The Kier molecular flexibility index (Phi) is 5.84. The number of hydrogen-bond donors (Lipinski definition) is 1. The highest BCUT2D eigenvalue weighted by atomic mass is 19.4. The maximum Gasteiger partial charge on any atom is 0.490 e. The predicted octanol–water partition coefficient (Wildman–Crippen LogP) is 2.75. The summed E-state index contributed by atoms with van der Waals surface area (Å²) in [6.07, 6.45) is -1.48. The molecule has 1 amide bonds. The number of rotatable bonds is 1. The molecule has 1 saturated carbocycles. The molecule has 26 heavy (non-hydrogen) atoms. The second-order valence-corrected chi connectivity index (χ2v) is 7.39. The normalized spacial score (nSPS) is 25.4. The van der Waals surface area contributed by atoms with Crippen LogP contribution in [0.15, 0.2) is 0 Å². The lowest BCUT2D eigenvalue weighted by Crippen LogP contribution is -2.57. The fourth-order valence-corrected chi connectivity index (χ4v) is 3.89. The van der Waals surface area contributed by atoms with Crippen LogP contribution in [0.1, 0.15) is 38.5 Å². The predicted molar refractivity (Wildman–Crippen MR) is 81.8 cm³/mol. The lowest BCUT2D eigenvalue weighted by molar-refractivity contribution is -0.192. The van der Waals surface area contributed by atoms with E-state index in [0.717, 1.165) is 45.3 Å². The summed E-state index contributed by atoms with van der Waals surface area (Å²) >= 11 is 0. The molecule has 150 valence electrons. The Morgan fingerprint density at radius 2 is 1.54 bits per heavy atom. The lowest BCUT2D eigenvalue weighted by atomic mass is 9.78. The van der Waals surface area contributed by atoms with E-state index in [4.69, 9.17) is 9.90 Å². The Hall–Kier alpha value is -1.45. The van der Waals surface area contributed by atoms with E-state index >= 15 is 0 Å². The van der Waals surface area contributed by atoms with Crippen LogP contribution in [0.5, 0.6) is 0 Å². The average Bonchev–Trinajstić information content (AvgIpc) is 2.90. The summed E-state index contributed by atoms with van der Waals surface area (Å²) in [4.78, 5) is 25.6. The van der Waals surface area contributed by atoms with Crippen molar-refractivity contribution < 1.29 is 36.6 Å². The van der Waals surface area contributed by atoms with Gasteiger partial charge in [0.1, 0.15) is 0 Å². The third-order valence-electron chi connectivity index (χ3n) is 5.46. The minimum atomic E-state index is -5.08. The van der Waals surface area contributed by atoms with Crippen LogP contribution in [0, 0.1) is 5.92 Å². The molecule has 0 bridgehead atoms. The fourth-order valence-electron chi connectivity index (χ4n) is 3.89. The Bertz CT molecular complexity index is 536. The molecule has 5 nitrogen and oxygen atoms in total. The van der Waals surface area contributed by atoms with Crippen molar-refractivity contribution in [3.8, 4) is 0 Å². The van der Waals surface area contributed by atoms with Gasteiger partial charge in [0.15, 0.2) is 0 Å². The zero-order valence-corrected chi connectivity index (χ0v) is 14.5. The summed E-state index contributed by atoms with van der Waals surface area (Å²) < 4.78 is 57.6. The number of piperidine rings is 1. The second-order valence-electron chi connectivity index (χ2n) is 7.39. The van der Waals surface area contributed by atoms with Crippen LogP contribution >= 0.6 is 0 Å². The van der Waals surface area contributed by atoms with Gasteiger partial charge in [-0.3, -0.25) is 4.79 Å². The molecule has 2 heterocycles. The number of amides is 1. The number of nitrogens with zero attached hydrogens (tertiary/aromatic N) is 2. The van der Waals surface area contributed by atoms with E-state index in [2.05, 4.69) is 11.9 Å². The first-order valence-corrected chi connectivity index (χ1v) is 8.54. The fraction of sp³-hybridized carbons (Fsp3) is 0.875. The highest BCUT2D eigenvalue weighted by molar-refractivity contribution is 5.81. The number of carbonyl (C=O) groups is 2. The minimum Gasteiger partial charge on any atom is -0.475 e. The molecule has 3 rings (SSSR count). The van der Waals surface area contributed by atoms with Crippen molar-refractivity contribution >= 4 is 11.9 Å². The van der Waals surface area contributed by atoms with Gasteiger partial charge in [0, 0.05) is 43.9 Å².